The molecule has 82 valence electrons. The zero-order valence-corrected chi connectivity index (χ0v) is 8.63. The van der Waals surface area contributed by atoms with Gasteiger partial charge in [-0.15, -0.1) is 0 Å². The molecule has 0 bridgehead atoms. The molecule has 0 saturated carbocycles. The molecule has 1 heterocycles. The van der Waals surface area contributed by atoms with Gasteiger partial charge in [0.2, 0.25) is 0 Å². The lowest BCUT2D eigenvalue weighted by molar-refractivity contribution is 0.917. The number of benzene rings is 1. The van der Waals surface area contributed by atoms with Crippen LogP contribution in [0.2, 0.25) is 0 Å². The summed E-state index contributed by atoms with van der Waals surface area (Å²) in [6.07, 6.45) is 1.60. The Kier molecular flexibility index (Phi) is 2.70. The summed E-state index contributed by atoms with van der Waals surface area (Å²) in [6.45, 7) is 0.481. The third kappa shape index (κ3) is 1.94. The van der Waals surface area contributed by atoms with Gasteiger partial charge in [0.25, 0.3) is 0 Å². The number of hydrogen-bond donors (Lipinski definition) is 2. The predicted octanol–water partition coefficient (Wildman–Crippen LogP) is 0.273. The van der Waals surface area contributed by atoms with Crippen molar-refractivity contribution in [3.05, 3.63) is 52.6 Å². The van der Waals surface area contributed by atoms with Crippen LogP contribution in [0.5, 0.6) is 0 Å². The molecule has 0 radical (unpaired) electrons. The van der Waals surface area contributed by atoms with E-state index in [2.05, 4.69) is 4.98 Å². The Morgan fingerprint density at radius 3 is 2.44 bits per heavy atom. The summed E-state index contributed by atoms with van der Waals surface area (Å²) in [5.74, 6) is 0.222. The highest BCUT2D eigenvalue weighted by atomic mass is 16.1. The molecule has 5 heteroatoms. The average Bonchev–Trinajstić information content (AvgIpc) is 2.29. The zero-order valence-electron chi connectivity index (χ0n) is 8.63. The van der Waals surface area contributed by atoms with Gasteiger partial charge in [-0.2, -0.15) is 4.98 Å². The smallest absolute Gasteiger partial charge is 0.354 e. The van der Waals surface area contributed by atoms with Crippen LogP contribution in [0.15, 0.2) is 41.3 Å². The third-order valence-electron chi connectivity index (χ3n) is 2.28. The summed E-state index contributed by atoms with van der Waals surface area (Å²) >= 11 is 0. The second-order valence-corrected chi connectivity index (χ2v) is 3.38. The lowest BCUT2D eigenvalue weighted by Gasteiger charge is -2.05. The van der Waals surface area contributed by atoms with Crippen LogP contribution in [0.25, 0.3) is 5.69 Å². The van der Waals surface area contributed by atoms with Crippen molar-refractivity contribution in [2.45, 2.75) is 6.54 Å². The van der Waals surface area contributed by atoms with Gasteiger partial charge < -0.3 is 11.5 Å². The van der Waals surface area contributed by atoms with Crippen molar-refractivity contribution >= 4 is 5.82 Å². The van der Waals surface area contributed by atoms with Crippen LogP contribution in [0.1, 0.15) is 5.56 Å². The van der Waals surface area contributed by atoms with Gasteiger partial charge in [-0.25, -0.2) is 4.79 Å². The molecule has 1 aromatic heterocycles. The fourth-order valence-corrected chi connectivity index (χ4v) is 1.41. The maximum atomic E-state index is 11.5. The minimum atomic E-state index is -0.388. The first kappa shape index (κ1) is 10.4. The van der Waals surface area contributed by atoms with Gasteiger partial charge in [0, 0.05) is 12.7 Å². The number of hydrogen-bond acceptors (Lipinski definition) is 4. The summed E-state index contributed by atoms with van der Waals surface area (Å²) in [7, 11) is 0. The maximum absolute atomic E-state index is 11.5. The summed E-state index contributed by atoms with van der Waals surface area (Å²) in [5, 5.41) is 0. The monoisotopic (exact) mass is 216 g/mol. The number of anilines is 1. The molecule has 0 aliphatic carbocycles. The second-order valence-electron chi connectivity index (χ2n) is 3.38. The number of aromatic nitrogens is 2. The molecule has 0 saturated heterocycles. The molecule has 0 spiro atoms. The van der Waals surface area contributed by atoms with Crippen LogP contribution < -0.4 is 17.2 Å². The highest BCUT2D eigenvalue weighted by Crippen LogP contribution is 2.07. The first-order valence-electron chi connectivity index (χ1n) is 4.85. The lowest BCUT2D eigenvalue weighted by atomic mass is 10.2. The van der Waals surface area contributed by atoms with Gasteiger partial charge in [0.05, 0.1) is 5.69 Å². The Hall–Kier alpha value is -2.14. The Morgan fingerprint density at radius 1 is 1.19 bits per heavy atom. The van der Waals surface area contributed by atoms with Gasteiger partial charge in [0.15, 0.2) is 0 Å². The standard InChI is InChI=1S/C11H12N4O/c12-7-8-1-3-9(4-2-8)15-6-5-10(13)14-11(15)16/h1-6H,7,12H2,(H2,13,14,16). The minimum Gasteiger partial charge on any atom is -0.383 e. The summed E-state index contributed by atoms with van der Waals surface area (Å²) < 4.78 is 1.43. The Labute approximate surface area is 92.3 Å². The van der Waals surface area contributed by atoms with E-state index in [1.54, 1.807) is 12.3 Å². The van der Waals surface area contributed by atoms with Crippen LogP contribution in [-0.2, 0) is 6.54 Å². The van der Waals surface area contributed by atoms with Gasteiger partial charge in [-0.3, -0.25) is 4.57 Å². The Morgan fingerprint density at radius 2 is 1.88 bits per heavy atom. The normalized spacial score (nSPS) is 10.3. The van der Waals surface area contributed by atoms with Crippen molar-refractivity contribution in [2.75, 3.05) is 5.73 Å². The van der Waals surface area contributed by atoms with E-state index in [4.69, 9.17) is 11.5 Å². The number of rotatable bonds is 2. The number of nitrogen functional groups attached to an aromatic ring is 1. The molecule has 0 unspecified atom stereocenters. The van der Waals surface area contributed by atoms with Crippen LogP contribution in [0.3, 0.4) is 0 Å². The van der Waals surface area contributed by atoms with Crippen molar-refractivity contribution in [1.29, 1.82) is 0 Å². The van der Waals surface area contributed by atoms with E-state index in [0.29, 0.717) is 6.54 Å². The van der Waals surface area contributed by atoms with E-state index in [-0.39, 0.29) is 11.5 Å². The molecule has 0 amide bonds. The highest BCUT2D eigenvalue weighted by Gasteiger charge is 2.00. The number of nitrogens with two attached hydrogens (primary N) is 2. The molecule has 16 heavy (non-hydrogen) atoms. The fraction of sp³-hybridized carbons (Fsp3) is 0.0909. The SMILES string of the molecule is NCc1ccc(-n2ccc(N)nc2=O)cc1. The van der Waals surface area contributed by atoms with E-state index in [0.717, 1.165) is 11.3 Å². The second kappa shape index (κ2) is 4.16. The topological polar surface area (TPSA) is 86.9 Å². The van der Waals surface area contributed by atoms with Crippen molar-refractivity contribution in [3.8, 4) is 5.69 Å². The van der Waals surface area contributed by atoms with Crippen LogP contribution in [-0.4, -0.2) is 9.55 Å². The van der Waals surface area contributed by atoms with Gasteiger partial charge in [-0.05, 0) is 23.8 Å². The molecule has 1 aromatic carbocycles. The zero-order chi connectivity index (χ0) is 11.5. The van der Waals surface area contributed by atoms with E-state index in [9.17, 15) is 4.79 Å². The molecule has 0 atom stereocenters. The highest BCUT2D eigenvalue weighted by molar-refractivity contribution is 5.36. The van der Waals surface area contributed by atoms with Crippen molar-refractivity contribution in [1.82, 2.24) is 9.55 Å². The Balaban J connectivity index is 2.46. The number of nitrogens with zero attached hydrogens (tertiary/aromatic N) is 2. The van der Waals surface area contributed by atoms with Gasteiger partial charge in [-0.1, -0.05) is 12.1 Å². The quantitative estimate of drug-likeness (QED) is 0.754. The van der Waals surface area contributed by atoms with E-state index >= 15 is 0 Å². The van der Waals surface area contributed by atoms with Crippen molar-refractivity contribution in [3.63, 3.8) is 0 Å². The maximum Gasteiger partial charge on any atom is 0.354 e. The van der Waals surface area contributed by atoms with Gasteiger partial charge in [0.1, 0.15) is 5.82 Å². The van der Waals surface area contributed by atoms with E-state index in [1.807, 2.05) is 24.3 Å². The Bertz CT molecular complexity index is 545. The molecular weight excluding hydrogens is 204 g/mol. The first-order valence-corrected chi connectivity index (χ1v) is 4.85. The summed E-state index contributed by atoms with van der Waals surface area (Å²) in [6, 6.07) is 8.97. The third-order valence-corrected chi connectivity index (χ3v) is 2.28. The molecule has 2 rings (SSSR count). The first-order chi connectivity index (χ1) is 7.70. The fourth-order valence-electron chi connectivity index (χ4n) is 1.41. The van der Waals surface area contributed by atoms with Crippen molar-refractivity contribution < 1.29 is 0 Å². The van der Waals surface area contributed by atoms with E-state index in [1.165, 1.54) is 4.57 Å². The van der Waals surface area contributed by atoms with E-state index < -0.39 is 0 Å². The van der Waals surface area contributed by atoms with Crippen LogP contribution in [0, 0.1) is 0 Å². The summed E-state index contributed by atoms with van der Waals surface area (Å²) in [5.41, 5.74) is 12.3. The van der Waals surface area contributed by atoms with Crippen LogP contribution in [0.4, 0.5) is 5.82 Å². The average molecular weight is 216 g/mol. The molecule has 2 aromatic rings. The minimum absolute atomic E-state index is 0.222. The molecular formula is C11H12N4O. The summed E-state index contributed by atoms with van der Waals surface area (Å²) in [4.78, 5) is 15.2. The molecule has 5 nitrogen and oxygen atoms in total. The largest absolute Gasteiger partial charge is 0.383 e. The van der Waals surface area contributed by atoms with Crippen molar-refractivity contribution in [2.24, 2.45) is 5.73 Å². The molecule has 0 aliphatic heterocycles. The van der Waals surface area contributed by atoms with Crippen LogP contribution >= 0.6 is 0 Å². The molecule has 0 aliphatic rings. The molecule has 4 N–H and O–H groups in total. The molecule has 0 fully saturated rings. The van der Waals surface area contributed by atoms with Gasteiger partial charge >= 0.3 is 5.69 Å². The predicted molar refractivity (Wildman–Crippen MR) is 62.1 cm³/mol. The lowest BCUT2D eigenvalue weighted by Crippen LogP contribution is -2.21.